The van der Waals surface area contributed by atoms with Crippen LogP contribution in [-0.2, 0) is 0 Å². The van der Waals surface area contributed by atoms with E-state index in [1.54, 1.807) is 36.5 Å². The van der Waals surface area contributed by atoms with Crippen LogP contribution < -0.4 is 4.74 Å². The molecule has 88 valence electrons. The van der Waals surface area contributed by atoms with Crippen LogP contribution in [0, 0.1) is 0 Å². The minimum atomic E-state index is -0.168. The molecule has 2 heterocycles. The van der Waals surface area contributed by atoms with Gasteiger partial charge in [0.1, 0.15) is 5.75 Å². The number of Topliss-reactive ketones (excluding diaryl/α,β-unsaturated/α-hetero) is 1. The molecule has 1 aromatic carbocycles. The van der Waals surface area contributed by atoms with Crippen molar-refractivity contribution in [3.8, 4) is 5.75 Å². The van der Waals surface area contributed by atoms with E-state index >= 15 is 0 Å². The molecule has 1 aromatic heterocycles. The standard InChI is InChI=1S/C14H8ClNO2/c15-9-4-5-12-11(7-9)14(17)13(18-12)8-10-3-1-2-6-16-10/h1-8H. The highest BCUT2D eigenvalue weighted by atomic mass is 35.5. The number of ketones is 1. The molecule has 2 aromatic rings. The predicted molar refractivity (Wildman–Crippen MR) is 68.6 cm³/mol. The summed E-state index contributed by atoms with van der Waals surface area (Å²) < 4.78 is 5.49. The number of aromatic nitrogens is 1. The van der Waals surface area contributed by atoms with E-state index in [4.69, 9.17) is 16.3 Å². The van der Waals surface area contributed by atoms with Gasteiger partial charge < -0.3 is 4.74 Å². The lowest BCUT2D eigenvalue weighted by atomic mass is 10.1. The number of hydrogen-bond acceptors (Lipinski definition) is 3. The van der Waals surface area contributed by atoms with Crippen molar-refractivity contribution in [2.45, 2.75) is 0 Å². The number of hydrogen-bond donors (Lipinski definition) is 0. The number of fused-ring (bicyclic) bond motifs is 1. The van der Waals surface area contributed by atoms with Crippen LogP contribution >= 0.6 is 11.6 Å². The zero-order chi connectivity index (χ0) is 12.5. The van der Waals surface area contributed by atoms with Crippen molar-refractivity contribution in [1.29, 1.82) is 0 Å². The van der Waals surface area contributed by atoms with Crippen LogP contribution in [-0.4, -0.2) is 10.8 Å². The smallest absolute Gasteiger partial charge is 0.232 e. The van der Waals surface area contributed by atoms with E-state index in [1.807, 2.05) is 12.1 Å². The Bertz CT molecular complexity index is 650. The first-order chi connectivity index (χ1) is 8.74. The molecule has 0 radical (unpaired) electrons. The van der Waals surface area contributed by atoms with E-state index in [0.29, 0.717) is 22.0 Å². The van der Waals surface area contributed by atoms with Crippen LogP contribution in [0.2, 0.25) is 5.02 Å². The topological polar surface area (TPSA) is 39.2 Å². The van der Waals surface area contributed by atoms with Gasteiger partial charge in [0.2, 0.25) is 5.78 Å². The van der Waals surface area contributed by atoms with Gasteiger partial charge in [-0.05, 0) is 30.3 Å². The van der Waals surface area contributed by atoms with Crippen molar-refractivity contribution in [1.82, 2.24) is 4.98 Å². The number of pyridine rings is 1. The summed E-state index contributed by atoms with van der Waals surface area (Å²) >= 11 is 5.86. The summed E-state index contributed by atoms with van der Waals surface area (Å²) in [6, 6.07) is 10.5. The monoisotopic (exact) mass is 257 g/mol. The average molecular weight is 258 g/mol. The summed E-state index contributed by atoms with van der Waals surface area (Å²) in [5.41, 5.74) is 1.17. The van der Waals surface area contributed by atoms with Crippen LogP contribution in [0.5, 0.6) is 5.75 Å². The molecule has 3 rings (SSSR count). The fraction of sp³-hybridized carbons (Fsp3) is 0. The van der Waals surface area contributed by atoms with E-state index < -0.39 is 0 Å². The number of carbonyl (C=O) groups is 1. The Balaban J connectivity index is 2.00. The second-order valence-electron chi connectivity index (χ2n) is 3.83. The Morgan fingerprint density at radius 3 is 2.89 bits per heavy atom. The van der Waals surface area contributed by atoms with E-state index in [2.05, 4.69) is 4.98 Å². The first kappa shape index (κ1) is 11.0. The number of nitrogens with zero attached hydrogens (tertiary/aromatic N) is 1. The van der Waals surface area contributed by atoms with E-state index in [9.17, 15) is 4.79 Å². The largest absolute Gasteiger partial charge is 0.452 e. The number of rotatable bonds is 1. The zero-order valence-electron chi connectivity index (χ0n) is 9.26. The van der Waals surface area contributed by atoms with Gasteiger partial charge in [-0.25, -0.2) is 0 Å². The van der Waals surface area contributed by atoms with Gasteiger partial charge in [-0.3, -0.25) is 9.78 Å². The van der Waals surface area contributed by atoms with Gasteiger partial charge in [0, 0.05) is 17.3 Å². The number of halogens is 1. The van der Waals surface area contributed by atoms with Gasteiger partial charge in [-0.15, -0.1) is 0 Å². The molecule has 0 N–H and O–H groups in total. The summed E-state index contributed by atoms with van der Waals surface area (Å²) in [5, 5.41) is 0.518. The van der Waals surface area contributed by atoms with E-state index in [1.165, 1.54) is 0 Å². The fourth-order valence-corrected chi connectivity index (χ4v) is 1.93. The molecule has 4 heteroatoms. The fourth-order valence-electron chi connectivity index (χ4n) is 1.76. The Morgan fingerprint density at radius 2 is 2.11 bits per heavy atom. The molecule has 0 bridgehead atoms. The van der Waals surface area contributed by atoms with Gasteiger partial charge >= 0.3 is 0 Å². The molecule has 0 saturated carbocycles. The minimum Gasteiger partial charge on any atom is -0.452 e. The third-order valence-corrected chi connectivity index (χ3v) is 2.83. The van der Waals surface area contributed by atoms with Gasteiger partial charge in [0.15, 0.2) is 5.76 Å². The van der Waals surface area contributed by atoms with E-state index in [0.717, 1.165) is 0 Å². The summed E-state index contributed by atoms with van der Waals surface area (Å²) in [6.07, 6.45) is 3.28. The zero-order valence-corrected chi connectivity index (χ0v) is 10.0. The maximum absolute atomic E-state index is 12.1. The Kier molecular flexibility index (Phi) is 2.61. The normalized spacial score (nSPS) is 15.6. The van der Waals surface area contributed by atoms with Crippen LogP contribution in [0.25, 0.3) is 6.08 Å². The first-order valence-electron chi connectivity index (χ1n) is 5.39. The second kappa shape index (κ2) is 4.27. The molecule has 18 heavy (non-hydrogen) atoms. The van der Waals surface area contributed by atoms with Crippen LogP contribution in [0.3, 0.4) is 0 Å². The Hall–Kier alpha value is -2.13. The molecule has 3 nitrogen and oxygen atoms in total. The van der Waals surface area contributed by atoms with Crippen molar-refractivity contribution in [3.05, 3.63) is 64.6 Å². The van der Waals surface area contributed by atoms with Gasteiger partial charge in [-0.2, -0.15) is 0 Å². The van der Waals surface area contributed by atoms with Gasteiger partial charge in [0.05, 0.1) is 11.3 Å². The lowest BCUT2D eigenvalue weighted by Gasteiger charge is -1.97. The summed E-state index contributed by atoms with van der Waals surface area (Å²) in [4.78, 5) is 16.2. The van der Waals surface area contributed by atoms with Crippen molar-refractivity contribution in [2.75, 3.05) is 0 Å². The molecule has 0 amide bonds. The molecule has 0 fully saturated rings. The highest BCUT2D eigenvalue weighted by Crippen LogP contribution is 2.33. The Labute approximate surface area is 109 Å². The molecular weight excluding hydrogens is 250 g/mol. The van der Waals surface area contributed by atoms with Gasteiger partial charge in [-0.1, -0.05) is 17.7 Å². The summed E-state index contributed by atoms with van der Waals surface area (Å²) in [7, 11) is 0. The number of ether oxygens (including phenoxy) is 1. The van der Waals surface area contributed by atoms with Crippen molar-refractivity contribution >= 4 is 23.5 Å². The second-order valence-corrected chi connectivity index (χ2v) is 4.27. The molecule has 0 spiro atoms. The third-order valence-electron chi connectivity index (χ3n) is 2.60. The number of allylic oxidation sites excluding steroid dienone is 1. The van der Waals surface area contributed by atoms with Crippen LogP contribution in [0.4, 0.5) is 0 Å². The van der Waals surface area contributed by atoms with Crippen LogP contribution in [0.1, 0.15) is 16.1 Å². The lowest BCUT2D eigenvalue weighted by Crippen LogP contribution is -1.98. The van der Waals surface area contributed by atoms with Crippen molar-refractivity contribution < 1.29 is 9.53 Å². The molecule has 0 aliphatic carbocycles. The SMILES string of the molecule is O=C1C(=Cc2ccccn2)Oc2ccc(Cl)cc21. The highest BCUT2D eigenvalue weighted by molar-refractivity contribution is 6.31. The predicted octanol–water partition coefficient (Wildman–Crippen LogP) is 3.35. The summed E-state index contributed by atoms with van der Waals surface area (Å²) in [5.74, 6) is 0.635. The maximum Gasteiger partial charge on any atom is 0.232 e. The van der Waals surface area contributed by atoms with Crippen molar-refractivity contribution in [2.24, 2.45) is 0 Å². The molecule has 0 atom stereocenters. The Morgan fingerprint density at radius 1 is 1.22 bits per heavy atom. The quantitative estimate of drug-likeness (QED) is 0.736. The number of carbonyl (C=O) groups excluding carboxylic acids is 1. The first-order valence-corrected chi connectivity index (χ1v) is 5.77. The molecular formula is C14H8ClNO2. The maximum atomic E-state index is 12.1. The number of benzene rings is 1. The lowest BCUT2D eigenvalue weighted by molar-refractivity contribution is 0.101. The molecule has 0 saturated heterocycles. The van der Waals surface area contributed by atoms with Gasteiger partial charge in [0.25, 0.3) is 0 Å². The molecule has 1 aliphatic heterocycles. The molecule has 0 unspecified atom stereocenters. The average Bonchev–Trinajstić information content (AvgIpc) is 2.68. The van der Waals surface area contributed by atoms with E-state index in [-0.39, 0.29) is 11.5 Å². The third kappa shape index (κ3) is 1.89. The van der Waals surface area contributed by atoms with Crippen LogP contribution in [0.15, 0.2) is 48.4 Å². The minimum absolute atomic E-state index is 0.168. The van der Waals surface area contributed by atoms with Crippen molar-refractivity contribution in [3.63, 3.8) is 0 Å². The summed E-state index contributed by atoms with van der Waals surface area (Å²) in [6.45, 7) is 0. The highest BCUT2D eigenvalue weighted by Gasteiger charge is 2.27. The molecule has 1 aliphatic rings.